The summed E-state index contributed by atoms with van der Waals surface area (Å²) in [6, 6.07) is 15.6. The molecule has 2 amide bonds. The first-order valence-corrected chi connectivity index (χ1v) is 11.5. The molecule has 4 rings (SSSR count). The van der Waals surface area contributed by atoms with E-state index in [0.29, 0.717) is 19.0 Å². The Balaban J connectivity index is 1.43. The molecule has 2 aromatic rings. The first-order valence-electron chi connectivity index (χ1n) is 11.5. The molecule has 1 heterocycles. The summed E-state index contributed by atoms with van der Waals surface area (Å²) in [5.74, 6) is 0.573. The van der Waals surface area contributed by atoms with Crippen molar-refractivity contribution in [3.8, 4) is 0 Å². The highest BCUT2D eigenvalue weighted by atomic mass is 16.2. The van der Waals surface area contributed by atoms with Crippen molar-refractivity contribution in [3.63, 3.8) is 0 Å². The van der Waals surface area contributed by atoms with Gasteiger partial charge in [0.2, 0.25) is 5.91 Å². The van der Waals surface area contributed by atoms with E-state index in [4.69, 9.17) is 0 Å². The van der Waals surface area contributed by atoms with Crippen LogP contribution in [0.1, 0.15) is 47.2 Å². The van der Waals surface area contributed by atoms with Gasteiger partial charge in [-0.2, -0.15) is 0 Å². The molecule has 1 aliphatic carbocycles. The van der Waals surface area contributed by atoms with Crippen LogP contribution in [0.25, 0.3) is 0 Å². The predicted octanol–water partition coefficient (Wildman–Crippen LogP) is 4.26. The Kier molecular flexibility index (Phi) is 6.71. The minimum Gasteiger partial charge on any atom is -0.336 e. The van der Waals surface area contributed by atoms with Crippen molar-refractivity contribution in [2.24, 2.45) is 5.92 Å². The van der Waals surface area contributed by atoms with Gasteiger partial charge in [-0.15, -0.1) is 0 Å². The van der Waals surface area contributed by atoms with E-state index in [0.717, 1.165) is 42.7 Å². The summed E-state index contributed by atoms with van der Waals surface area (Å²) < 4.78 is 0. The molecule has 0 aromatic heterocycles. The van der Waals surface area contributed by atoms with E-state index < -0.39 is 0 Å². The summed E-state index contributed by atoms with van der Waals surface area (Å²) >= 11 is 0. The van der Waals surface area contributed by atoms with Gasteiger partial charge in [-0.1, -0.05) is 48.2 Å². The normalized spacial score (nSPS) is 18.7. The van der Waals surface area contributed by atoms with Gasteiger partial charge >= 0.3 is 0 Å². The van der Waals surface area contributed by atoms with Crippen LogP contribution in [0.15, 0.2) is 48.5 Å². The van der Waals surface area contributed by atoms with Crippen molar-refractivity contribution in [2.45, 2.75) is 45.6 Å². The maximum absolute atomic E-state index is 13.3. The highest BCUT2D eigenvalue weighted by Crippen LogP contribution is 2.32. The third-order valence-corrected chi connectivity index (χ3v) is 6.69. The third-order valence-electron chi connectivity index (χ3n) is 6.69. The standard InChI is InChI=1S/C26H33N3O2/c1-19-10-12-23(13-11-19)27-25(30)24(21-7-3-4-8-21)28-14-16-29(17-15-28)26(31)22-9-5-6-20(2)18-22/h5-6,9-13,18,21,24H,3-4,7-8,14-17H2,1-2H3,(H,27,30). The number of nitrogens with one attached hydrogen (secondary N) is 1. The Hall–Kier alpha value is -2.66. The number of amides is 2. The van der Waals surface area contributed by atoms with Crippen LogP contribution in [0.5, 0.6) is 0 Å². The molecule has 1 aliphatic heterocycles. The molecule has 1 unspecified atom stereocenters. The van der Waals surface area contributed by atoms with Crippen LogP contribution in [0.2, 0.25) is 0 Å². The molecule has 1 saturated carbocycles. The molecule has 5 nitrogen and oxygen atoms in total. The van der Waals surface area contributed by atoms with Crippen LogP contribution in [-0.2, 0) is 4.79 Å². The van der Waals surface area contributed by atoms with Gasteiger partial charge in [-0.05, 0) is 56.9 Å². The van der Waals surface area contributed by atoms with Crippen molar-refractivity contribution >= 4 is 17.5 Å². The van der Waals surface area contributed by atoms with Crippen molar-refractivity contribution in [2.75, 3.05) is 31.5 Å². The molecule has 2 aliphatic rings. The molecule has 2 fully saturated rings. The number of anilines is 1. The molecule has 0 bridgehead atoms. The Morgan fingerprint density at radius 1 is 0.903 bits per heavy atom. The molecule has 31 heavy (non-hydrogen) atoms. The highest BCUT2D eigenvalue weighted by Gasteiger charge is 2.37. The smallest absolute Gasteiger partial charge is 0.253 e. The number of carbonyl (C=O) groups is 2. The van der Waals surface area contributed by atoms with Gasteiger partial charge in [-0.3, -0.25) is 14.5 Å². The van der Waals surface area contributed by atoms with Gasteiger partial charge in [0.05, 0.1) is 6.04 Å². The molecule has 1 N–H and O–H groups in total. The van der Waals surface area contributed by atoms with Crippen LogP contribution in [-0.4, -0.2) is 53.8 Å². The second kappa shape index (κ2) is 9.65. The second-order valence-corrected chi connectivity index (χ2v) is 9.04. The van der Waals surface area contributed by atoms with Gasteiger partial charge in [0, 0.05) is 37.4 Å². The summed E-state index contributed by atoms with van der Waals surface area (Å²) in [5.41, 5.74) is 3.88. The highest BCUT2D eigenvalue weighted by molar-refractivity contribution is 5.95. The maximum atomic E-state index is 13.3. The van der Waals surface area contributed by atoms with E-state index in [9.17, 15) is 9.59 Å². The molecule has 2 aromatic carbocycles. The molecular weight excluding hydrogens is 386 g/mol. The molecule has 1 atom stereocenters. The minimum absolute atomic E-state index is 0.0878. The average molecular weight is 420 g/mol. The fourth-order valence-electron chi connectivity index (χ4n) is 4.97. The molecule has 0 radical (unpaired) electrons. The van der Waals surface area contributed by atoms with Crippen molar-refractivity contribution in [3.05, 3.63) is 65.2 Å². The van der Waals surface area contributed by atoms with E-state index in [1.807, 2.05) is 67.3 Å². The van der Waals surface area contributed by atoms with Crippen molar-refractivity contribution in [1.82, 2.24) is 9.80 Å². The van der Waals surface area contributed by atoms with Crippen LogP contribution >= 0.6 is 0 Å². The molecular formula is C26H33N3O2. The molecule has 164 valence electrons. The molecule has 1 saturated heterocycles. The van der Waals surface area contributed by atoms with E-state index in [-0.39, 0.29) is 17.9 Å². The van der Waals surface area contributed by atoms with Gasteiger partial charge in [-0.25, -0.2) is 0 Å². The van der Waals surface area contributed by atoms with E-state index in [1.54, 1.807) is 0 Å². The number of piperazine rings is 1. The quantitative estimate of drug-likeness (QED) is 0.788. The number of benzene rings is 2. The fraction of sp³-hybridized carbons (Fsp3) is 0.462. The number of aryl methyl sites for hydroxylation is 2. The van der Waals surface area contributed by atoms with Crippen LogP contribution < -0.4 is 5.32 Å². The summed E-state index contributed by atoms with van der Waals surface area (Å²) in [4.78, 5) is 30.5. The minimum atomic E-state index is -0.125. The summed E-state index contributed by atoms with van der Waals surface area (Å²) in [6.45, 7) is 6.85. The lowest BCUT2D eigenvalue weighted by Gasteiger charge is -2.40. The first kappa shape index (κ1) is 21.6. The van der Waals surface area contributed by atoms with Crippen LogP contribution in [0.3, 0.4) is 0 Å². The summed E-state index contributed by atoms with van der Waals surface area (Å²) in [6.07, 6.45) is 4.61. The number of nitrogens with zero attached hydrogens (tertiary/aromatic N) is 2. The van der Waals surface area contributed by atoms with Crippen molar-refractivity contribution in [1.29, 1.82) is 0 Å². The van der Waals surface area contributed by atoms with Crippen LogP contribution in [0, 0.1) is 19.8 Å². The number of rotatable bonds is 5. The number of carbonyl (C=O) groups excluding carboxylic acids is 2. The monoisotopic (exact) mass is 419 g/mol. The van der Waals surface area contributed by atoms with Gasteiger partial charge in [0.25, 0.3) is 5.91 Å². The third kappa shape index (κ3) is 5.16. The van der Waals surface area contributed by atoms with Crippen molar-refractivity contribution < 1.29 is 9.59 Å². The summed E-state index contributed by atoms with van der Waals surface area (Å²) in [5, 5.41) is 3.15. The van der Waals surface area contributed by atoms with Crippen LogP contribution in [0.4, 0.5) is 5.69 Å². The largest absolute Gasteiger partial charge is 0.336 e. The zero-order valence-electron chi connectivity index (χ0n) is 18.6. The lowest BCUT2D eigenvalue weighted by Crippen LogP contribution is -2.56. The number of hydrogen-bond donors (Lipinski definition) is 1. The Bertz CT molecular complexity index is 911. The van der Waals surface area contributed by atoms with Gasteiger partial charge in [0.1, 0.15) is 0 Å². The lowest BCUT2D eigenvalue weighted by atomic mass is 9.94. The lowest BCUT2D eigenvalue weighted by molar-refractivity contribution is -0.123. The van der Waals surface area contributed by atoms with E-state index in [1.165, 1.54) is 18.4 Å². The maximum Gasteiger partial charge on any atom is 0.253 e. The SMILES string of the molecule is Cc1ccc(NC(=O)C(C2CCCC2)N2CCN(C(=O)c3cccc(C)c3)CC2)cc1. The van der Waals surface area contributed by atoms with E-state index in [2.05, 4.69) is 10.2 Å². The Morgan fingerprint density at radius 3 is 2.23 bits per heavy atom. The zero-order valence-corrected chi connectivity index (χ0v) is 18.6. The van der Waals surface area contributed by atoms with Gasteiger partial charge in [0.15, 0.2) is 0 Å². The fourth-order valence-corrected chi connectivity index (χ4v) is 4.97. The predicted molar refractivity (Wildman–Crippen MR) is 124 cm³/mol. The Labute approximate surface area is 185 Å². The molecule has 0 spiro atoms. The molecule has 5 heteroatoms. The average Bonchev–Trinajstić information content (AvgIpc) is 3.30. The summed E-state index contributed by atoms with van der Waals surface area (Å²) in [7, 11) is 0. The number of hydrogen-bond acceptors (Lipinski definition) is 3. The van der Waals surface area contributed by atoms with Gasteiger partial charge < -0.3 is 10.2 Å². The topological polar surface area (TPSA) is 52.7 Å². The first-order chi connectivity index (χ1) is 15.0. The van der Waals surface area contributed by atoms with E-state index >= 15 is 0 Å². The Morgan fingerprint density at radius 2 is 1.58 bits per heavy atom. The second-order valence-electron chi connectivity index (χ2n) is 9.04. The zero-order chi connectivity index (χ0) is 21.8.